The van der Waals surface area contributed by atoms with Crippen molar-refractivity contribution in [2.75, 3.05) is 22.8 Å². The van der Waals surface area contributed by atoms with Crippen LogP contribution in [0.3, 0.4) is 0 Å². The van der Waals surface area contributed by atoms with E-state index in [1.807, 2.05) is 36.4 Å². The van der Waals surface area contributed by atoms with Crippen molar-refractivity contribution in [3.8, 4) is 5.75 Å². The molecule has 1 N–H and O–H groups in total. The molecule has 9 heteroatoms. The number of carbonyl (C=O) groups excluding carboxylic acids is 1. The average molecular weight is 583 g/mol. The standard InChI is InChI=1S/C23H20ClIN2O4S/c24-20-14-19(32(29,30)27-13-3-5-16-4-1-2-6-21(16)27)11-12-22(20)31-15-23(28)26-18-9-7-17(25)8-10-18/h1-2,4,6-12,14H,3,5,13,15H2,(H,26,28). The molecule has 0 radical (unpaired) electrons. The van der Waals surface area contributed by atoms with Crippen molar-refractivity contribution in [3.05, 3.63) is 80.9 Å². The molecule has 0 saturated carbocycles. The van der Waals surface area contributed by atoms with Crippen molar-refractivity contribution in [1.29, 1.82) is 0 Å². The Morgan fingerprint density at radius 3 is 2.59 bits per heavy atom. The van der Waals surface area contributed by atoms with Gasteiger partial charge in [0.05, 0.1) is 15.6 Å². The Hall–Kier alpha value is -2.30. The van der Waals surface area contributed by atoms with E-state index in [1.165, 1.54) is 22.5 Å². The number of sulfonamides is 1. The Kier molecular flexibility index (Phi) is 6.92. The van der Waals surface area contributed by atoms with Crippen molar-refractivity contribution >= 4 is 61.5 Å². The van der Waals surface area contributed by atoms with Gasteiger partial charge < -0.3 is 10.1 Å². The third kappa shape index (κ3) is 5.02. The second-order valence-corrected chi connectivity index (χ2v) is 10.8. The van der Waals surface area contributed by atoms with Crippen LogP contribution in [-0.2, 0) is 21.2 Å². The molecule has 1 amide bonds. The molecule has 0 atom stereocenters. The Morgan fingerprint density at radius 1 is 1.09 bits per heavy atom. The van der Waals surface area contributed by atoms with Gasteiger partial charge in [-0.3, -0.25) is 9.10 Å². The van der Waals surface area contributed by atoms with Gasteiger partial charge in [-0.2, -0.15) is 0 Å². The zero-order valence-electron chi connectivity index (χ0n) is 16.9. The molecular formula is C23H20ClIN2O4S. The second-order valence-electron chi connectivity index (χ2n) is 7.25. The van der Waals surface area contributed by atoms with Crippen molar-refractivity contribution in [2.24, 2.45) is 0 Å². The van der Waals surface area contributed by atoms with E-state index in [0.717, 1.165) is 22.0 Å². The van der Waals surface area contributed by atoms with E-state index in [2.05, 4.69) is 27.9 Å². The van der Waals surface area contributed by atoms with Crippen LogP contribution in [0, 0.1) is 3.57 Å². The SMILES string of the molecule is O=C(COc1ccc(S(=O)(=O)N2CCCc3ccccc32)cc1Cl)Nc1ccc(I)cc1. The molecule has 0 spiro atoms. The van der Waals surface area contributed by atoms with E-state index >= 15 is 0 Å². The molecule has 0 fully saturated rings. The zero-order valence-corrected chi connectivity index (χ0v) is 20.7. The summed E-state index contributed by atoms with van der Waals surface area (Å²) < 4.78 is 34.5. The van der Waals surface area contributed by atoms with Crippen LogP contribution in [0.4, 0.5) is 11.4 Å². The molecule has 0 unspecified atom stereocenters. The number of carbonyl (C=O) groups is 1. The van der Waals surface area contributed by atoms with E-state index < -0.39 is 10.0 Å². The smallest absolute Gasteiger partial charge is 0.264 e. The molecule has 0 aromatic heterocycles. The molecule has 32 heavy (non-hydrogen) atoms. The maximum absolute atomic E-state index is 13.3. The van der Waals surface area contributed by atoms with Crippen LogP contribution in [0.5, 0.6) is 5.75 Å². The number of anilines is 2. The lowest BCUT2D eigenvalue weighted by Crippen LogP contribution is -2.35. The third-order valence-electron chi connectivity index (χ3n) is 5.05. The highest BCUT2D eigenvalue weighted by Crippen LogP contribution is 2.34. The normalized spacial score (nSPS) is 13.4. The van der Waals surface area contributed by atoms with Crippen molar-refractivity contribution in [3.63, 3.8) is 0 Å². The lowest BCUT2D eigenvalue weighted by atomic mass is 10.0. The van der Waals surface area contributed by atoms with Gasteiger partial charge in [-0.05, 0) is 89.5 Å². The molecule has 3 aromatic rings. The Morgan fingerprint density at radius 2 is 1.84 bits per heavy atom. The Bertz CT molecular complexity index is 1250. The molecule has 1 aliphatic rings. The number of para-hydroxylation sites is 1. The summed E-state index contributed by atoms with van der Waals surface area (Å²) in [5.74, 6) is -0.105. The van der Waals surface area contributed by atoms with E-state index in [4.69, 9.17) is 16.3 Å². The van der Waals surface area contributed by atoms with E-state index in [-0.39, 0.29) is 28.2 Å². The molecular weight excluding hydrogens is 563 g/mol. The minimum atomic E-state index is -3.78. The van der Waals surface area contributed by atoms with Gasteiger partial charge in [0.1, 0.15) is 5.75 Å². The number of ether oxygens (including phenoxy) is 1. The number of benzene rings is 3. The molecule has 0 saturated heterocycles. The zero-order chi connectivity index (χ0) is 22.7. The van der Waals surface area contributed by atoms with Crippen LogP contribution in [0.25, 0.3) is 0 Å². The topological polar surface area (TPSA) is 75.7 Å². The predicted molar refractivity (Wildman–Crippen MR) is 134 cm³/mol. The summed E-state index contributed by atoms with van der Waals surface area (Å²) in [6.07, 6.45) is 1.60. The maximum atomic E-state index is 13.3. The largest absolute Gasteiger partial charge is 0.482 e. The van der Waals surface area contributed by atoms with Crippen molar-refractivity contribution < 1.29 is 17.9 Å². The average Bonchev–Trinajstić information content (AvgIpc) is 2.79. The Labute approximate surface area is 205 Å². The van der Waals surface area contributed by atoms with Crippen molar-refractivity contribution in [1.82, 2.24) is 0 Å². The van der Waals surface area contributed by atoms with E-state index in [9.17, 15) is 13.2 Å². The summed E-state index contributed by atoms with van der Waals surface area (Å²) in [7, 11) is -3.78. The molecule has 1 heterocycles. The predicted octanol–water partition coefficient (Wildman–Crippen LogP) is 5.10. The molecule has 1 aliphatic heterocycles. The summed E-state index contributed by atoms with van der Waals surface area (Å²) in [5.41, 5.74) is 2.36. The first kappa shape index (κ1) is 22.9. The number of nitrogens with zero attached hydrogens (tertiary/aromatic N) is 1. The van der Waals surface area contributed by atoms with Gasteiger partial charge in [-0.15, -0.1) is 0 Å². The van der Waals surface area contributed by atoms with Crippen LogP contribution in [0.15, 0.2) is 71.6 Å². The fourth-order valence-corrected chi connectivity index (χ4v) is 5.74. The number of amides is 1. The number of hydrogen-bond donors (Lipinski definition) is 1. The first-order valence-electron chi connectivity index (χ1n) is 9.93. The molecule has 6 nitrogen and oxygen atoms in total. The minimum Gasteiger partial charge on any atom is -0.482 e. The molecule has 3 aromatic carbocycles. The highest BCUT2D eigenvalue weighted by molar-refractivity contribution is 14.1. The quantitative estimate of drug-likeness (QED) is 0.410. The van der Waals surface area contributed by atoms with Gasteiger partial charge in [0.2, 0.25) is 0 Å². The summed E-state index contributed by atoms with van der Waals surface area (Å²) in [6, 6.07) is 19.1. The highest BCUT2D eigenvalue weighted by atomic mass is 127. The number of halogens is 2. The number of rotatable bonds is 6. The van der Waals surface area contributed by atoms with Crippen LogP contribution >= 0.6 is 34.2 Å². The van der Waals surface area contributed by atoms with Crippen molar-refractivity contribution in [2.45, 2.75) is 17.7 Å². The minimum absolute atomic E-state index is 0.0786. The number of hydrogen-bond acceptors (Lipinski definition) is 4. The Balaban J connectivity index is 1.46. The van der Waals surface area contributed by atoms with E-state index in [0.29, 0.717) is 17.9 Å². The van der Waals surface area contributed by atoms with Crippen LogP contribution in [0.2, 0.25) is 5.02 Å². The van der Waals surface area contributed by atoms with Gasteiger partial charge in [0, 0.05) is 15.8 Å². The monoisotopic (exact) mass is 582 g/mol. The summed E-state index contributed by atoms with van der Waals surface area (Å²) in [6.45, 7) is 0.158. The van der Waals surface area contributed by atoms with Gasteiger partial charge in [0.25, 0.3) is 15.9 Å². The lowest BCUT2D eigenvalue weighted by Gasteiger charge is -2.30. The van der Waals surface area contributed by atoms with Crippen LogP contribution in [0.1, 0.15) is 12.0 Å². The number of aryl methyl sites for hydroxylation is 1. The van der Waals surface area contributed by atoms with Gasteiger partial charge in [-0.25, -0.2) is 8.42 Å². The molecule has 0 bridgehead atoms. The third-order valence-corrected chi connectivity index (χ3v) is 7.87. The summed E-state index contributed by atoms with van der Waals surface area (Å²) >= 11 is 8.48. The molecule has 4 rings (SSSR count). The maximum Gasteiger partial charge on any atom is 0.264 e. The highest BCUT2D eigenvalue weighted by Gasteiger charge is 2.29. The lowest BCUT2D eigenvalue weighted by molar-refractivity contribution is -0.118. The number of fused-ring (bicyclic) bond motifs is 1. The molecule has 166 valence electrons. The first-order valence-corrected chi connectivity index (χ1v) is 12.8. The fraction of sp³-hybridized carbons (Fsp3) is 0.174. The fourth-order valence-electron chi connectivity index (χ4n) is 3.51. The van der Waals surface area contributed by atoms with Gasteiger partial charge in [0.15, 0.2) is 6.61 Å². The first-order chi connectivity index (χ1) is 15.3. The van der Waals surface area contributed by atoms with Crippen LogP contribution in [-0.4, -0.2) is 27.5 Å². The summed E-state index contributed by atoms with van der Waals surface area (Å²) in [4.78, 5) is 12.2. The van der Waals surface area contributed by atoms with E-state index in [1.54, 1.807) is 12.1 Å². The summed E-state index contributed by atoms with van der Waals surface area (Å²) in [5, 5.41) is 2.86. The van der Waals surface area contributed by atoms with Crippen LogP contribution < -0.4 is 14.4 Å². The van der Waals surface area contributed by atoms with Gasteiger partial charge in [-0.1, -0.05) is 29.8 Å². The second kappa shape index (κ2) is 9.68. The number of nitrogens with one attached hydrogen (secondary N) is 1. The van der Waals surface area contributed by atoms with Gasteiger partial charge >= 0.3 is 0 Å². The molecule has 0 aliphatic carbocycles.